The first-order valence-corrected chi connectivity index (χ1v) is 41.2. The number of amides is 17. The maximum Gasteiger partial charge on any atom is 0.243 e. The number of hydrogen-bond donors (Lipinski definition) is 25. The number of hydrogen-bond acceptors (Lipinski definition) is 21. The van der Waals surface area contributed by atoms with Crippen molar-refractivity contribution in [2.24, 2.45) is 57.9 Å². The Bertz CT molecular complexity index is 4230. The van der Waals surface area contributed by atoms with Gasteiger partial charge in [0.25, 0.3) is 0 Å². The van der Waals surface area contributed by atoms with Crippen LogP contribution in [0.4, 0.5) is 0 Å². The minimum atomic E-state index is -1.79. The summed E-state index contributed by atoms with van der Waals surface area (Å²) in [5.41, 5.74) is 42.0. The van der Waals surface area contributed by atoms with Crippen molar-refractivity contribution in [3.8, 4) is 0 Å². The zero-order valence-corrected chi connectivity index (χ0v) is 70.5. The third-order valence-electron chi connectivity index (χ3n) is 20.1. The van der Waals surface area contributed by atoms with Crippen LogP contribution in [0.5, 0.6) is 0 Å². The number of benzene rings is 2. The van der Waals surface area contributed by atoms with Crippen molar-refractivity contribution in [2.45, 2.75) is 231 Å². The van der Waals surface area contributed by atoms with Crippen LogP contribution in [0, 0.1) is 23.2 Å². The highest BCUT2D eigenvalue weighted by Crippen LogP contribution is 2.23. The summed E-state index contributed by atoms with van der Waals surface area (Å²) >= 11 is 0. The van der Waals surface area contributed by atoms with Gasteiger partial charge < -0.3 is 130 Å². The number of aromatic nitrogens is 2. The number of carbonyl (C=O) groups is 17. The molecule has 2 aromatic heterocycles. The quantitative estimate of drug-likeness (QED) is 0.0112. The zero-order chi connectivity index (χ0) is 90.7. The number of para-hydroxylation sites is 2. The fraction of sp³-hybridized carbons (Fsp3) is 0.575. The van der Waals surface area contributed by atoms with E-state index in [1.54, 1.807) is 102 Å². The van der Waals surface area contributed by atoms with Gasteiger partial charge in [0.2, 0.25) is 100 Å². The van der Waals surface area contributed by atoms with Gasteiger partial charge in [0.1, 0.15) is 66.5 Å². The lowest BCUT2D eigenvalue weighted by molar-refractivity contribution is -0.137. The van der Waals surface area contributed by atoms with E-state index in [1.807, 2.05) is 0 Å². The lowest BCUT2D eigenvalue weighted by Crippen LogP contribution is -2.61. The van der Waals surface area contributed by atoms with Gasteiger partial charge >= 0.3 is 0 Å². The molecule has 0 saturated carbocycles. The molecule has 2 aromatic carbocycles. The van der Waals surface area contributed by atoms with E-state index in [0.717, 1.165) is 0 Å². The van der Waals surface area contributed by atoms with Crippen LogP contribution in [0.2, 0.25) is 0 Å². The molecule has 4 rings (SSSR count). The van der Waals surface area contributed by atoms with Gasteiger partial charge in [-0.2, -0.15) is 0 Å². The molecular weight excluding hydrogens is 1580 g/mol. The number of nitrogens with one attached hydrogen (secondary N) is 18. The molecule has 0 saturated heterocycles. The molecule has 0 aliphatic heterocycles. The van der Waals surface area contributed by atoms with E-state index in [9.17, 15) is 81.5 Å². The molecule has 0 spiro atoms. The molecular formula is C80H127N25O17. The summed E-state index contributed by atoms with van der Waals surface area (Å²) in [4.78, 5) is 239. The highest BCUT2D eigenvalue weighted by atomic mass is 16.2. The molecule has 42 heteroatoms. The molecule has 0 bridgehead atoms. The Morgan fingerprint density at radius 2 is 0.779 bits per heavy atom. The van der Waals surface area contributed by atoms with E-state index in [2.05, 4.69) is 89.7 Å². The second kappa shape index (κ2) is 53.3. The molecule has 12 atom stereocenters. The summed E-state index contributed by atoms with van der Waals surface area (Å²) in [7, 11) is 0. The number of carbonyl (C=O) groups excluding carboxylic acids is 17. The first kappa shape index (κ1) is 102. The summed E-state index contributed by atoms with van der Waals surface area (Å²) in [6, 6.07) is -1.49. The Morgan fingerprint density at radius 3 is 1.23 bits per heavy atom. The summed E-state index contributed by atoms with van der Waals surface area (Å²) < 4.78 is 0. The number of H-pyrrole nitrogens is 2. The molecule has 674 valence electrons. The molecule has 0 radical (unpaired) electrons. The second-order valence-electron chi connectivity index (χ2n) is 30.7. The number of unbranched alkanes of at least 4 members (excludes halogenated alkanes) is 2. The zero-order valence-electron chi connectivity index (χ0n) is 70.5. The molecule has 0 aliphatic carbocycles. The molecule has 17 amide bonds. The fourth-order valence-corrected chi connectivity index (χ4v) is 13.0. The third kappa shape index (κ3) is 35.9. The largest absolute Gasteiger partial charge is 0.370 e. The van der Waals surface area contributed by atoms with Crippen molar-refractivity contribution in [3.63, 3.8) is 0 Å². The first-order chi connectivity index (χ1) is 57.9. The fourth-order valence-electron chi connectivity index (χ4n) is 13.0. The van der Waals surface area contributed by atoms with Crippen LogP contribution < -0.4 is 120 Å². The number of primary amides is 3. The molecule has 122 heavy (non-hydrogen) atoms. The maximum absolute atomic E-state index is 14.9. The van der Waals surface area contributed by atoms with Gasteiger partial charge in [-0.15, -0.1) is 0 Å². The number of fused-ring (bicyclic) bond motifs is 2. The Hall–Kier alpha value is -12.3. The van der Waals surface area contributed by atoms with Crippen LogP contribution in [0.3, 0.4) is 0 Å². The van der Waals surface area contributed by atoms with E-state index in [4.69, 9.17) is 45.5 Å². The van der Waals surface area contributed by atoms with Crippen molar-refractivity contribution in [1.29, 1.82) is 5.41 Å². The molecule has 42 nitrogen and oxygen atoms in total. The van der Waals surface area contributed by atoms with Gasteiger partial charge in [0, 0.05) is 92.9 Å². The minimum Gasteiger partial charge on any atom is -0.370 e. The van der Waals surface area contributed by atoms with Crippen LogP contribution in [0.15, 0.2) is 60.9 Å². The number of rotatable bonds is 58. The van der Waals surface area contributed by atoms with Crippen molar-refractivity contribution in [2.75, 3.05) is 45.8 Å². The average Bonchev–Trinajstić information content (AvgIpc) is 1.70. The topological polar surface area (TPSA) is 708 Å². The molecule has 0 unspecified atom stereocenters. The van der Waals surface area contributed by atoms with E-state index < -0.39 is 192 Å². The smallest absolute Gasteiger partial charge is 0.243 e. The van der Waals surface area contributed by atoms with E-state index in [0.29, 0.717) is 58.6 Å². The van der Waals surface area contributed by atoms with E-state index in [1.165, 1.54) is 6.92 Å². The first-order valence-electron chi connectivity index (χ1n) is 41.2. The molecule has 2 heterocycles. The number of nitrogens with two attached hydrogens (primary N) is 7. The standard InChI is InChI=1S/C80H127N25O17/c1-8-45(6)68(79(122)99-56(23-13-15-31-81)73(116)97-53(69(86)112)27-28-61(84)107)105-76(119)59(38-48-41-93-52-22-12-10-20-50(48)52)101-71(114)54(25-17-33-83)96-65(111)42-94-70(113)60(39-62(85)108)102-78(121)67(44(4)5)103-74(117)57(24-14-16-32-82)98-77(120)66(43(2)3)104-75(118)58(37-47-40-92-51-21-11-9-19-49(47)51)100-72(115)55(26-18-34-91-80(87)88)95-64(110)30-36-90-63(109)29-35-89-46(7)106/h9-12,19-22,40-41,43-45,53-60,66-68,92-93H,8,13-18,23-39,42,81-83H2,1-7H3,(H2,84,107)(H2,85,108)(H2,86,112)(H,89,106)(H,90,109)(H,94,113)(H,95,110)(H,96,111)(H,97,116)(H,98,120)(H,99,122)(H,100,115)(H,101,114)(H,102,121)(H,103,117)(H,104,118)(H,105,119)(H4,87,88,91)/t45-,53-,54-,55-,56-,57-,58-,59-,60-,66-,67-,68-/m0/s1. The maximum atomic E-state index is 14.9. The van der Waals surface area contributed by atoms with Gasteiger partial charge in [-0.25, -0.2) is 0 Å². The Balaban J connectivity index is 1.56. The number of aromatic amines is 2. The predicted molar refractivity (Wildman–Crippen MR) is 453 cm³/mol. The van der Waals surface area contributed by atoms with Gasteiger partial charge in [-0.05, 0) is 131 Å². The van der Waals surface area contributed by atoms with Crippen molar-refractivity contribution < 1.29 is 81.5 Å². The van der Waals surface area contributed by atoms with Crippen molar-refractivity contribution in [1.82, 2.24) is 89.7 Å². The Morgan fingerprint density at radius 1 is 0.377 bits per heavy atom. The minimum absolute atomic E-state index is 0.0219. The van der Waals surface area contributed by atoms with Gasteiger partial charge in [0.05, 0.1) is 13.0 Å². The average molecular weight is 1710 g/mol. The summed E-state index contributed by atoms with van der Waals surface area (Å²) in [6.45, 7) is 10.7. The van der Waals surface area contributed by atoms with Gasteiger partial charge in [-0.3, -0.25) is 86.9 Å². The summed E-state index contributed by atoms with van der Waals surface area (Å²) in [6.07, 6.45) is 3.15. The summed E-state index contributed by atoms with van der Waals surface area (Å²) in [5, 5.41) is 48.2. The lowest BCUT2D eigenvalue weighted by atomic mass is 9.96. The van der Waals surface area contributed by atoms with E-state index >= 15 is 0 Å². The van der Waals surface area contributed by atoms with Crippen LogP contribution in [0.1, 0.15) is 162 Å². The highest BCUT2D eigenvalue weighted by Gasteiger charge is 2.39. The Kier molecular flexibility index (Phi) is 44.6. The van der Waals surface area contributed by atoms with Crippen LogP contribution in [-0.4, -0.2) is 229 Å². The molecule has 4 aromatic rings. The van der Waals surface area contributed by atoms with Crippen LogP contribution in [0.25, 0.3) is 21.8 Å². The monoisotopic (exact) mass is 1710 g/mol. The molecule has 32 N–H and O–H groups in total. The normalized spacial score (nSPS) is 14.1. The van der Waals surface area contributed by atoms with Gasteiger partial charge in [-0.1, -0.05) is 84.4 Å². The SMILES string of the molecule is CC[C@H](C)[C@H](NC(=O)[C@H](Cc1c[nH]c2ccccc12)NC(=O)[C@H](CCCN)NC(=O)CNC(=O)[C@H](CC(N)=O)NC(=O)[C@@H](NC(=O)[C@H](CCCCN)NC(=O)[C@@H](NC(=O)[C@H](Cc1c[nH]c2ccccc12)NC(=O)[C@H](CCCNC(=N)N)NC(=O)CCNC(=O)CCNC(C)=O)C(C)C)C(C)C)C(=O)N[C@@H](CCCCN)C(=O)N[C@@H](CCC(N)=O)C(N)=O. The van der Waals surface area contributed by atoms with Crippen molar-refractivity contribution in [3.05, 3.63) is 72.1 Å². The molecule has 0 aliphatic rings. The lowest BCUT2D eigenvalue weighted by Gasteiger charge is -2.29. The highest BCUT2D eigenvalue weighted by molar-refractivity contribution is 6.01. The van der Waals surface area contributed by atoms with Gasteiger partial charge in [0.15, 0.2) is 5.96 Å². The second-order valence-corrected chi connectivity index (χ2v) is 30.7. The Labute approximate surface area is 708 Å². The van der Waals surface area contributed by atoms with Crippen LogP contribution in [-0.2, 0) is 94.3 Å². The van der Waals surface area contributed by atoms with Crippen LogP contribution >= 0.6 is 0 Å². The summed E-state index contributed by atoms with van der Waals surface area (Å²) in [5.74, 6) is -16.6. The molecule has 0 fully saturated rings. The predicted octanol–water partition coefficient (Wildman–Crippen LogP) is -4.84. The van der Waals surface area contributed by atoms with E-state index in [-0.39, 0.29) is 135 Å². The number of guanidine groups is 1. The third-order valence-corrected chi connectivity index (χ3v) is 20.1. The van der Waals surface area contributed by atoms with Crippen molar-refractivity contribution >= 4 is 128 Å².